The summed E-state index contributed by atoms with van der Waals surface area (Å²) < 4.78 is 29.2. The highest BCUT2D eigenvalue weighted by Gasteiger charge is 2.32. The lowest BCUT2D eigenvalue weighted by Gasteiger charge is -2.31. The van der Waals surface area contributed by atoms with E-state index in [9.17, 15) is 8.42 Å². The summed E-state index contributed by atoms with van der Waals surface area (Å²) in [5.74, 6) is 0. The molecule has 0 bridgehead atoms. The number of nitrogens with two attached hydrogens (primary N) is 1. The molecule has 1 atom stereocenters. The van der Waals surface area contributed by atoms with Gasteiger partial charge in [0.25, 0.3) is 0 Å². The summed E-state index contributed by atoms with van der Waals surface area (Å²) in [4.78, 5) is 0.172. The van der Waals surface area contributed by atoms with E-state index in [0.29, 0.717) is 6.54 Å². The van der Waals surface area contributed by atoms with Crippen molar-refractivity contribution in [3.05, 3.63) is 77.6 Å². The summed E-state index contributed by atoms with van der Waals surface area (Å²) >= 11 is 0. The van der Waals surface area contributed by atoms with E-state index in [1.807, 2.05) is 55.5 Å². The minimum Gasteiger partial charge on any atom is -0.323 e. The van der Waals surface area contributed by atoms with Crippen molar-refractivity contribution in [1.29, 1.82) is 0 Å². The molecule has 1 aromatic heterocycles. The van der Waals surface area contributed by atoms with E-state index in [4.69, 9.17) is 5.73 Å². The summed E-state index contributed by atoms with van der Waals surface area (Å²) in [5.41, 5.74) is 10.1. The van der Waals surface area contributed by atoms with Crippen LogP contribution in [0.25, 0.3) is 5.69 Å². The predicted molar refractivity (Wildman–Crippen MR) is 99.3 cm³/mol. The van der Waals surface area contributed by atoms with Crippen molar-refractivity contribution >= 4 is 10.0 Å². The first-order valence-electron chi connectivity index (χ1n) is 8.40. The van der Waals surface area contributed by atoms with Gasteiger partial charge in [0.15, 0.2) is 0 Å². The van der Waals surface area contributed by atoms with Gasteiger partial charge in [0, 0.05) is 19.1 Å². The number of fused-ring (bicyclic) bond motifs is 1. The Kier molecular flexibility index (Phi) is 4.14. The molecule has 3 aromatic rings. The van der Waals surface area contributed by atoms with Gasteiger partial charge in [0.1, 0.15) is 4.90 Å². The Bertz CT molecular complexity index is 1060. The van der Waals surface area contributed by atoms with Crippen molar-refractivity contribution in [2.24, 2.45) is 5.73 Å². The van der Waals surface area contributed by atoms with E-state index in [0.717, 1.165) is 22.4 Å². The second kappa shape index (κ2) is 6.35. The normalized spacial score (nSPS) is 17.8. The van der Waals surface area contributed by atoms with Crippen molar-refractivity contribution in [2.45, 2.75) is 24.4 Å². The van der Waals surface area contributed by atoms with Crippen molar-refractivity contribution < 1.29 is 8.42 Å². The zero-order chi connectivity index (χ0) is 18.3. The number of hydrogen-bond acceptors (Lipinski definition) is 4. The van der Waals surface area contributed by atoms with Gasteiger partial charge in [-0.2, -0.15) is 9.40 Å². The number of nitrogens with zero attached hydrogens (tertiary/aromatic N) is 3. The molecular formula is C19H20N4O2S. The van der Waals surface area contributed by atoms with Crippen LogP contribution in [-0.2, 0) is 16.6 Å². The fraction of sp³-hybridized carbons (Fsp3) is 0.211. The van der Waals surface area contributed by atoms with Gasteiger partial charge in [-0.15, -0.1) is 0 Å². The smallest absolute Gasteiger partial charge is 0.246 e. The highest BCUT2D eigenvalue weighted by molar-refractivity contribution is 7.89. The first-order chi connectivity index (χ1) is 12.4. The van der Waals surface area contributed by atoms with Gasteiger partial charge in [-0.1, -0.05) is 36.4 Å². The number of aryl methyl sites for hydroxylation is 1. The number of aromatic nitrogens is 2. The fourth-order valence-corrected chi connectivity index (χ4v) is 4.67. The molecule has 0 saturated heterocycles. The number of hydrogen-bond donors (Lipinski definition) is 1. The molecule has 0 amide bonds. The lowest BCUT2D eigenvalue weighted by Crippen LogP contribution is -2.40. The van der Waals surface area contributed by atoms with Crippen LogP contribution in [-0.4, -0.2) is 29.0 Å². The molecule has 0 radical (unpaired) electrons. The van der Waals surface area contributed by atoms with Gasteiger partial charge in [-0.3, -0.25) is 0 Å². The molecule has 0 aliphatic carbocycles. The maximum Gasteiger partial charge on any atom is 0.246 e. The highest BCUT2D eigenvalue weighted by Crippen LogP contribution is 2.29. The third-order valence-electron chi connectivity index (χ3n) is 4.66. The molecule has 0 saturated carbocycles. The molecule has 1 aliphatic heterocycles. The molecule has 4 rings (SSSR count). The maximum atomic E-state index is 13.1. The topological polar surface area (TPSA) is 81.2 Å². The van der Waals surface area contributed by atoms with E-state index >= 15 is 0 Å². The van der Waals surface area contributed by atoms with Crippen LogP contribution in [0.4, 0.5) is 0 Å². The maximum absolute atomic E-state index is 13.1. The van der Waals surface area contributed by atoms with Gasteiger partial charge in [-0.05, 0) is 35.7 Å². The minimum atomic E-state index is -3.66. The molecule has 6 nitrogen and oxygen atoms in total. The van der Waals surface area contributed by atoms with Crippen LogP contribution in [0.1, 0.15) is 22.7 Å². The van der Waals surface area contributed by atoms with Crippen LogP contribution < -0.4 is 5.73 Å². The molecular weight excluding hydrogens is 348 g/mol. The Morgan fingerprint density at radius 1 is 1.15 bits per heavy atom. The Morgan fingerprint density at radius 2 is 1.96 bits per heavy atom. The number of benzene rings is 2. The van der Waals surface area contributed by atoms with E-state index in [1.54, 1.807) is 10.9 Å². The predicted octanol–water partition coefficient (Wildman–Crippen LogP) is 2.39. The van der Waals surface area contributed by atoms with Gasteiger partial charge in [-0.25, -0.2) is 13.1 Å². The van der Waals surface area contributed by atoms with E-state index in [2.05, 4.69) is 5.10 Å². The summed E-state index contributed by atoms with van der Waals surface area (Å²) in [6.07, 6.45) is 2.94. The van der Waals surface area contributed by atoms with Crippen LogP contribution >= 0.6 is 0 Å². The SMILES string of the molecule is Cc1cccc(-n2cc(S(=O)(=O)N3Cc4ccccc4C(N)C3)cn2)c1. The van der Waals surface area contributed by atoms with Crippen LogP contribution in [0, 0.1) is 6.92 Å². The van der Waals surface area contributed by atoms with Gasteiger partial charge in [0.2, 0.25) is 10.0 Å². The van der Waals surface area contributed by atoms with Crippen molar-refractivity contribution in [3.63, 3.8) is 0 Å². The minimum absolute atomic E-state index is 0.172. The first kappa shape index (κ1) is 17.0. The Balaban J connectivity index is 1.66. The quantitative estimate of drug-likeness (QED) is 0.770. The highest BCUT2D eigenvalue weighted by atomic mass is 32.2. The number of sulfonamides is 1. The van der Waals surface area contributed by atoms with Gasteiger partial charge >= 0.3 is 0 Å². The second-order valence-corrected chi connectivity index (χ2v) is 8.50. The average Bonchev–Trinajstić information content (AvgIpc) is 3.13. The molecule has 2 aromatic carbocycles. The molecule has 2 N–H and O–H groups in total. The van der Waals surface area contributed by atoms with Crippen molar-refractivity contribution in [3.8, 4) is 5.69 Å². The Labute approximate surface area is 152 Å². The Morgan fingerprint density at radius 3 is 2.77 bits per heavy atom. The zero-order valence-corrected chi connectivity index (χ0v) is 15.2. The standard InChI is InChI=1S/C19H20N4O2S/c1-14-5-4-7-16(9-14)23-12-17(10-21-23)26(24,25)22-11-15-6-2-3-8-18(15)19(20)13-22/h2-10,12,19H,11,13,20H2,1H3. The average molecular weight is 368 g/mol. The van der Waals surface area contributed by atoms with E-state index < -0.39 is 10.0 Å². The summed E-state index contributed by atoms with van der Waals surface area (Å²) in [7, 11) is -3.66. The summed E-state index contributed by atoms with van der Waals surface area (Å²) in [6.45, 7) is 2.56. The lowest BCUT2D eigenvalue weighted by atomic mass is 9.98. The van der Waals surface area contributed by atoms with Gasteiger partial charge < -0.3 is 5.73 Å². The van der Waals surface area contributed by atoms with Crippen LogP contribution in [0.3, 0.4) is 0 Å². The fourth-order valence-electron chi connectivity index (χ4n) is 3.30. The van der Waals surface area contributed by atoms with Crippen LogP contribution in [0.15, 0.2) is 65.8 Å². The van der Waals surface area contributed by atoms with Crippen LogP contribution in [0.5, 0.6) is 0 Å². The third-order valence-corrected chi connectivity index (χ3v) is 6.43. The number of rotatable bonds is 3. The first-order valence-corrected chi connectivity index (χ1v) is 9.84. The molecule has 0 spiro atoms. The zero-order valence-electron chi connectivity index (χ0n) is 14.4. The summed E-state index contributed by atoms with van der Waals surface area (Å²) in [6, 6.07) is 15.1. The second-order valence-electron chi connectivity index (χ2n) is 6.56. The molecule has 2 heterocycles. The lowest BCUT2D eigenvalue weighted by molar-refractivity contribution is 0.357. The molecule has 1 unspecified atom stereocenters. The molecule has 1 aliphatic rings. The molecule has 7 heteroatoms. The van der Waals surface area contributed by atoms with E-state index in [1.165, 1.54) is 10.5 Å². The molecule has 26 heavy (non-hydrogen) atoms. The van der Waals surface area contributed by atoms with Crippen LogP contribution in [0.2, 0.25) is 0 Å². The molecule has 134 valence electrons. The summed E-state index contributed by atoms with van der Waals surface area (Å²) in [5, 5.41) is 4.23. The molecule has 0 fully saturated rings. The van der Waals surface area contributed by atoms with Gasteiger partial charge in [0.05, 0.1) is 18.1 Å². The van der Waals surface area contributed by atoms with Crippen molar-refractivity contribution in [2.75, 3.05) is 6.54 Å². The largest absolute Gasteiger partial charge is 0.323 e. The monoisotopic (exact) mass is 368 g/mol. The Hall–Kier alpha value is -2.48. The third kappa shape index (κ3) is 2.94. The van der Waals surface area contributed by atoms with Crippen molar-refractivity contribution in [1.82, 2.24) is 14.1 Å². The van der Waals surface area contributed by atoms with E-state index in [-0.39, 0.29) is 17.5 Å².